The van der Waals surface area contributed by atoms with Crippen LogP contribution in [-0.2, 0) is 10.0 Å². The van der Waals surface area contributed by atoms with Gasteiger partial charge in [-0.15, -0.1) is 0 Å². The van der Waals surface area contributed by atoms with Gasteiger partial charge in [0.2, 0.25) is 0 Å². The zero-order valence-electron chi connectivity index (χ0n) is 11.4. The molecule has 9 heteroatoms. The quantitative estimate of drug-likeness (QED) is 0.771. The number of thioether (sulfide) groups is 1. The van der Waals surface area contributed by atoms with E-state index in [1.165, 1.54) is 48.5 Å². The van der Waals surface area contributed by atoms with Gasteiger partial charge in [0.25, 0.3) is 15.8 Å². The molecule has 0 atom stereocenters. The molecule has 0 spiro atoms. The Morgan fingerprint density at radius 3 is 2.09 bits per heavy atom. The highest BCUT2D eigenvalue weighted by Crippen LogP contribution is 2.26. The van der Waals surface area contributed by atoms with Gasteiger partial charge in [0.15, 0.2) is 0 Å². The SMILES string of the molecule is O=C(O)c1ccc(S(=O)(=O)Nc2ccc(SC(F)F)cc2)cc1. The number of carboxylic acids is 1. The van der Waals surface area contributed by atoms with Crippen LogP contribution in [0.15, 0.2) is 58.3 Å². The Bertz CT molecular complexity index is 791. The van der Waals surface area contributed by atoms with Crippen LogP contribution in [0.4, 0.5) is 14.5 Å². The van der Waals surface area contributed by atoms with Gasteiger partial charge in [-0.05, 0) is 48.5 Å². The third-order valence-corrected chi connectivity index (χ3v) is 4.86. The molecule has 0 saturated heterocycles. The number of anilines is 1. The average Bonchev–Trinajstić information content (AvgIpc) is 2.48. The number of hydrogen-bond acceptors (Lipinski definition) is 4. The first kappa shape index (κ1) is 17.2. The van der Waals surface area contributed by atoms with Crippen LogP contribution in [0.1, 0.15) is 10.4 Å². The number of sulfonamides is 1. The first-order valence-electron chi connectivity index (χ1n) is 6.19. The van der Waals surface area contributed by atoms with Crippen LogP contribution in [0.2, 0.25) is 0 Å². The molecule has 2 rings (SSSR count). The van der Waals surface area contributed by atoms with Gasteiger partial charge in [0.05, 0.1) is 10.5 Å². The molecular weight excluding hydrogens is 348 g/mol. The van der Waals surface area contributed by atoms with E-state index in [9.17, 15) is 22.0 Å². The molecule has 0 unspecified atom stereocenters. The Balaban J connectivity index is 2.15. The fraction of sp³-hybridized carbons (Fsp3) is 0.0714. The molecule has 2 aromatic rings. The second-order valence-electron chi connectivity index (χ2n) is 4.34. The van der Waals surface area contributed by atoms with E-state index in [2.05, 4.69) is 4.72 Å². The molecule has 0 fully saturated rings. The van der Waals surface area contributed by atoms with Crippen molar-refractivity contribution in [3.63, 3.8) is 0 Å². The Morgan fingerprint density at radius 2 is 1.61 bits per heavy atom. The first-order chi connectivity index (χ1) is 10.8. The summed E-state index contributed by atoms with van der Waals surface area (Å²) < 4.78 is 51.0. The van der Waals surface area contributed by atoms with E-state index in [-0.39, 0.29) is 16.1 Å². The van der Waals surface area contributed by atoms with Gasteiger partial charge < -0.3 is 5.11 Å². The van der Waals surface area contributed by atoms with E-state index in [0.29, 0.717) is 16.7 Å². The number of rotatable bonds is 6. The van der Waals surface area contributed by atoms with Gasteiger partial charge >= 0.3 is 5.97 Å². The molecule has 0 saturated carbocycles. The van der Waals surface area contributed by atoms with Gasteiger partial charge in [-0.1, -0.05) is 11.8 Å². The smallest absolute Gasteiger partial charge is 0.335 e. The Hall–Kier alpha value is -2.13. The highest BCUT2D eigenvalue weighted by atomic mass is 32.2. The zero-order chi connectivity index (χ0) is 17.0. The van der Waals surface area contributed by atoms with Crippen molar-refractivity contribution >= 4 is 33.4 Å². The van der Waals surface area contributed by atoms with Crippen molar-refractivity contribution in [2.45, 2.75) is 15.5 Å². The molecule has 122 valence electrons. The maximum atomic E-state index is 12.2. The van der Waals surface area contributed by atoms with E-state index < -0.39 is 21.8 Å². The van der Waals surface area contributed by atoms with E-state index in [4.69, 9.17) is 5.11 Å². The predicted molar refractivity (Wildman–Crippen MR) is 82.5 cm³/mol. The lowest BCUT2D eigenvalue weighted by Crippen LogP contribution is -2.13. The number of benzene rings is 2. The maximum absolute atomic E-state index is 12.2. The minimum Gasteiger partial charge on any atom is -0.478 e. The third-order valence-electron chi connectivity index (χ3n) is 2.74. The number of hydrogen-bond donors (Lipinski definition) is 2. The largest absolute Gasteiger partial charge is 0.478 e. The lowest BCUT2D eigenvalue weighted by molar-refractivity contribution is 0.0696. The van der Waals surface area contributed by atoms with Crippen LogP contribution in [0, 0.1) is 0 Å². The van der Waals surface area contributed by atoms with Crippen LogP contribution in [-0.4, -0.2) is 25.3 Å². The molecule has 0 aliphatic carbocycles. The Kier molecular flexibility index (Phi) is 5.22. The van der Waals surface area contributed by atoms with E-state index >= 15 is 0 Å². The highest BCUT2D eigenvalue weighted by Gasteiger charge is 2.15. The topological polar surface area (TPSA) is 83.5 Å². The van der Waals surface area contributed by atoms with Crippen molar-refractivity contribution < 1.29 is 27.1 Å². The fourth-order valence-corrected chi connectivity index (χ4v) is 3.25. The summed E-state index contributed by atoms with van der Waals surface area (Å²) in [6, 6.07) is 10.2. The molecule has 0 aromatic heterocycles. The average molecular weight is 359 g/mol. The maximum Gasteiger partial charge on any atom is 0.335 e. The van der Waals surface area contributed by atoms with Crippen molar-refractivity contribution in [2.75, 3.05) is 4.72 Å². The molecule has 0 aliphatic rings. The summed E-state index contributed by atoms with van der Waals surface area (Å²) in [4.78, 5) is 11.0. The van der Waals surface area contributed by atoms with Gasteiger partial charge in [-0.25, -0.2) is 13.2 Å². The van der Waals surface area contributed by atoms with Crippen molar-refractivity contribution in [3.8, 4) is 0 Å². The number of carboxylic acid groups (broad SMARTS) is 1. The van der Waals surface area contributed by atoms with Gasteiger partial charge in [0.1, 0.15) is 0 Å². The van der Waals surface area contributed by atoms with Crippen molar-refractivity contribution in [1.29, 1.82) is 0 Å². The molecule has 0 radical (unpaired) electrons. The summed E-state index contributed by atoms with van der Waals surface area (Å²) in [5.74, 6) is -3.71. The molecule has 2 N–H and O–H groups in total. The third kappa shape index (κ3) is 4.67. The number of carbonyl (C=O) groups is 1. The van der Waals surface area contributed by atoms with Gasteiger partial charge in [0, 0.05) is 10.6 Å². The highest BCUT2D eigenvalue weighted by molar-refractivity contribution is 7.99. The second-order valence-corrected chi connectivity index (χ2v) is 7.08. The predicted octanol–water partition coefficient (Wildman–Crippen LogP) is 3.50. The lowest BCUT2D eigenvalue weighted by Gasteiger charge is -2.09. The van der Waals surface area contributed by atoms with Crippen molar-refractivity contribution in [2.24, 2.45) is 0 Å². The van der Waals surface area contributed by atoms with Crippen LogP contribution >= 0.6 is 11.8 Å². The van der Waals surface area contributed by atoms with Crippen LogP contribution in [0.5, 0.6) is 0 Å². The first-order valence-corrected chi connectivity index (χ1v) is 8.55. The van der Waals surface area contributed by atoms with Crippen LogP contribution in [0.25, 0.3) is 0 Å². The van der Waals surface area contributed by atoms with Crippen molar-refractivity contribution in [3.05, 3.63) is 54.1 Å². The summed E-state index contributed by atoms with van der Waals surface area (Å²) in [5.41, 5.74) is 0.184. The fourth-order valence-electron chi connectivity index (χ4n) is 1.70. The molecule has 23 heavy (non-hydrogen) atoms. The molecule has 0 amide bonds. The zero-order valence-corrected chi connectivity index (χ0v) is 13.1. The Labute approximate surface area is 135 Å². The molecule has 5 nitrogen and oxygen atoms in total. The number of halogens is 2. The van der Waals surface area contributed by atoms with E-state index in [1.54, 1.807) is 0 Å². The van der Waals surface area contributed by atoms with Gasteiger partial charge in [-0.2, -0.15) is 8.78 Å². The lowest BCUT2D eigenvalue weighted by atomic mass is 10.2. The summed E-state index contributed by atoms with van der Waals surface area (Å²) >= 11 is 0.360. The Morgan fingerprint density at radius 1 is 1.04 bits per heavy atom. The number of aromatic carboxylic acids is 1. The summed E-state index contributed by atoms with van der Waals surface area (Å²) in [7, 11) is -3.89. The van der Waals surface area contributed by atoms with Crippen LogP contribution in [0.3, 0.4) is 0 Å². The summed E-state index contributed by atoms with van der Waals surface area (Å²) in [6.07, 6.45) is 0. The minimum absolute atomic E-state index is 0.0303. The van der Waals surface area contributed by atoms with Gasteiger partial charge in [-0.3, -0.25) is 4.72 Å². The monoisotopic (exact) mass is 359 g/mol. The molecule has 0 aliphatic heterocycles. The normalized spacial score (nSPS) is 11.4. The minimum atomic E-state index is -3.89. The summed E-state index contributed by atoms with van der Waals surface area (Å²) in [6.45, 7) is 0. The number of nitrogens with one attached hydrogen (secondary N) is 1. The van der Waals surface area contributed by atoms with E-state index in [1.807, 2.05) is 0 Å². The molecule has 2 aromatic carbocycles. The number of alkyl halides is 2. The van der Waals surface area contributed by atoms with E-state index in [0.717, 1.165) is 0 Å². The van der Waals surface area contributed by atoms with Crippen molar-refractivity contribution in [1.82, 2.24) is 0 Å². The molecule has 0 heterocycles. The molecule has 0 bridgehead atoms. The van der Waals surface area contributed by atoms with Crippen LogP contribution < -0.4 is 4.72 Å². The standard InChI is InChI=1S/C14H11F2NO4S2/c15-14(16)22-11-5-3-10(4-6-11)17-23(20,21)12-7-1-9(2-8-12)13(18)19/h1-8,14,17H,(H,18,19). The second kappa shape index (κ2) is 6.97. The molecular formula is C14H11F2NO4S2. The summed E-state index contributed by atoms with van der Waals surface area (Å²) in [5, 5.41) is 8.78.